The van der Waals surface area contributed by atoms with Crippen molar-refractivity contribution in [3.63, 3.8) is 0 Å². The van der Waals surface area contributed by atoms with E-state index in [0.29, 0.717) is 35.8 Å². The number of sulfonamides is 1. The maximum absolute atomic E-state index is 12.6. The Labute approximate surface area is 126 Å². The van der Waals surface area contributed by atoms with Gasteiger partial charge < -0.3 is 5.73 Å². The minimum atomic E-state index is -3.40. The summed E-state index contributed by atoms with van der Waals surface area (Å²) in [6, 6.07) is 5.27. The van der Waals surface area contributed by atoms with Gasteiger partial charge >= 0.3 is 0 Å². The Morgan fingerprint density at radius 1 is 1.25 bits per heavy atom. The van der Waals surface area contributed by atoms with E-state index in [2.05, 4.69) is 0 Å². The van der Waals surface area contributed by atoms with Gasteiger partial charge in [-0.2, -0.15) is 4.31 Å². The Balaban J connectivity index is 2.19. The lowest BCUT2D eigenvalue weighted by atomic mass is 9.98. The molecule has 1 aromatic rings. The van der Waals surface area contributed by atoms with Gasteiger partial charge in [0.15, 0.2) is 0 Å². The van der Waals surface area contributed by atoms with Crippen LogP contribution in [-0.2, 0) is 10.0 Å². The number of rotatable bonds is 3. The number of piperidine rings is 1. The lowest BCUT2D eigenvalue weighted by Gasteiger charge is -2.30. The van der Waals surface area contributed by atoms with Crippen LogP contribution < -0.4 is 5.73 Å². The summed E-state index contributed by atoms with van der Waals surface area (Å²) in [6.07, 6.45) is 1.42. The molecular formula is C14H20N2O2S2. The zero-order valence-electron chi connectivity index (χ0n) is 11.8. The molecular weight excluding hydrogens is 292 g/mol. The standard InChI is InChI=1S/C14H20N2O2S2/c1-10-3-4-13(9-11(10)2)20(17,18)16-7-5-12(6-8-16)14(15)19/h3-4,9,12H,5-8H2,1-2H3,(H2,15,19). The number of benzene rings is 1. The molecule has 1 saturated heterocycles. The molecule has 0 atom stereocenters. The van der Waals surface area contributed by atoms with E-state index in [0.717, 1.165) is 11.1 Å². The van der Waals surface area contributed by atoms with E-state index in [-0.39, 0.29) is 5.92 Å². The zero-order valence-corrected chi connectivity index (χ0v) is 13.4. The van der Waals surface area contributed by atoms with Crippen molar-refractivity contribution in [1.82, 2.24) is 4.31 Å². The van der Waals surface area contributed by atoms with Crippen LogP contribution in [0.15, 0.2) is 23.1 Å². The fraction of sp³-hybridized carbons (Fsp3) is 0.500. The average molecular weight is 312 g/mol. The van der Waals surface area contributed by atoms with Gasteiger partial charge in [0, 0.05) is 19.0 Å². The summed E-state index contributed by atoms with van der Waals surface area (Å²) in [5.74, 6) is 0.163. The third-order valence-electron chi connectivity index (χ3n) is 3.97. The Kier molecular flexibility index (Phi) is 4.46. The van der Waals surface area contributed by atoms with Crippen molar-refractivity contribution in [1.29, 1.82) is 0 Å². The normalized spacial score (nSPS) is 18.1. The maximum Gasteiger partial charge on any atom is 0.243 e. The minimum absolute atomic E-state index is 0.163. The minimum Gasteiger partial charge on any atom is -0.393 e. The van der Waals surface area contributed by atoms with Crippen molar-refractivity contribution in [3.05, 3.63) is 29.3 Å². The predicted octanol–water partition coefficient (Wildman–Crippen LogP) is 1.99. The first-order valence-corrected chi connectivity index (χ1v) is 8.54. The van der Waals surface area contributed by atoms with Gasteiger partial charge in [-0.25, -0.2) is 8.42 Å². The number of nitrogens with zero attached hydrogens (tertiary/aromatic N) is 1. The molecule has 0 aliphatic carbocycles. The van der Waals surface area contributed by atoms with E-state index < -0.39 is 10.0 Å². The number of hydrogen-bond donors (Lipinski definition) is 1. The van der Waals surface area contributed by atoms with Gasteiger partial charge in [-0.3, -0.25) is 0 Å². The lowest BCUT2D eigenvalue weighted by molar-refractivity contribution is 0.316. The van der Waals surface area contributed by atoms with Crippen molar-refractivity contribution < 1.29 is 8.42 Å². The molecule has 1 aromatic carbocycles. The molecule has 0 bridgehead atoms. The van der Waals surface area contributed by atoms with E-state index in [1.165, 1.54) is 4.31 Å². The van der Waals surface area contributed by atoms with Gasteiger partial charge in [0.1, 0.15) is 0 Å². The van der Waals surface area contributed by atoms with Crippen LogP contribution in [0.4, 0.5) is 0 Å². The molecule has 0 saturated carbocycles. The molecule has 0 unspecified atom stereocenters. The van der Waals surface area contributed by atoms with Gasteiger partial charge in [-0.1, -0.05) is 18.3 Å². The van der Waals surface area contributed by atoms with Crippen LogP contribution in [0.3, 0.4) is 0 Å². The maximum atomic E-state index is 12.6. The topological polar surface area (TPSA) is 63.4 Å². The van der Waals surface area contributed by atoms with E-state index in [1.54, 1.807) is 12.1 Å². The summed E-state index contributed by atoms with van der Waals surface area (Å²) >= 11 is 4.98. The highest BCUT2D eigenvalue weighted by Gasteiger charge is 2.30. The summed E-state index contributed by atoms with van der Waals surface area (Å²) in [5.41, 5.74) is 7.72. The van der Waals surface area contributed by atoms with Crippen LogP contribution in [0.25, 0.3) is 0 Å². The number of nitrogens with two attached hydrogens (primary N) is 1. The number of hydrogen-bond acceptors (Lipinski definition) is 3. The first kappa shape index (κ1) is 15.4. The Morgan fingerprint density at radius 2 is 1.85 bits per heavy atom. The molecule has 1 heterocycles. The van der Waals surface area contributed by atoms with Crippen LogP contribution in [0.1, 0.15) is 24.0 Å². The monoisotopic (exact) mass is 312 g/mol. The summed E-state index contributed by atoms with van der Waals surface area (Å²) in [6.45, 7) is 4.86. The quantitative estimate of drug-likeness (QED) is 0.867. The Bertz CT molecular complexity index is 618. The smallest absolute Gasteiger partial charge is 0.243 e. The average Bonchev–Trinajstić information content (AvgIpc) is 2.41. The Morgan fingerprint density at radius 3 is 2.35 bits per heavy atom. The molecule has 20 heavy (non-hydrogen) atoms. The summed E-state index contributed by atoms with van der Waals surface area (Å²) in [5, 5.41) is 0. The van der Waals surface area contributed by atoms with Crippen molar-refractivity contribution in [2.24, 2.45) is 11.7 Å². The van der Waals surface area contributed by atoms with Gasteiger partial charge in [0.2, 0.25) is 10.0 Å². The van der Waals surface area contributed by atoms with Gasteiger partial charge in [0.05, 0.1) is 9.88 Å². The lowest BCUT2D eigenvalue weighted by Crippen LogP contribution is -2.41. The Hall–Kier alpha value is -0.980. The highest BCUT2D eigenvalue weighted by molar-refractivity contribution is 7.89. The first-order chi connectivity index (χ1) is 9.32. The molecule has 0 spiro atoms. The molecule has 6 heteroatoms. The molecule has 4 nitrogen and oxygen atoms in total. The number of thiocarbonyl (C=S) groups is 1. The van der Waals surface area contributed by atoms with E-state index in [9.17, 15) is 8.42 Å². The van der Waals surface area contributed by atoms with E-state index >= 15 is 0 Å². The summed E-state index contributed by atoms with van der Waals surface area (Å²) in [4.78, 5) is 0.864. The third-order valence-corrected chi connectivity index (χ3v) is 6.20. The molecule has 0 radical (unpaired) electrons. The SMILES string of the molecule is Cc1ccc(S(=O)(=O)N2CCC(C(N)=S)CC2)cc1C. The molecule has 110 valence electrons. The third kappa shape index (κ3) is 3.02. The second kappa shape index (κ2) is 5.79. The molecule has 1 aliphatic rings. The second-order valence-electron chi connectivity index (χ2n) is 5.33. The van der Waals surface area contributed by atoms with Crippen molar-refractivity contribution in [2.45, 2.75) is 31.6 Å². The van der Waals surface area contributed by atoms with Crippen LogP contribution in [0.5, 0.6) is 0 Å². The van der Waals surface area contributed by atoms with Gasteiger partial charge in [0.25, 0.3) is 0 Å². The highest BCUT2D eigenvalue weighted by atomic mass is 32.2. The van der Waals surface area contributed by atoms with Crippen LogP contribution in [-0.4, -0.2) is 30.8 Å². The zero-order chi connectivity index (χ0) is 14.9. The fourth-order valence-electron chi connectivity index (χ4n) is 2.40. The van der Waals surface area contributed by atoms with Crippen LogP contribution in [0.2, 0.25) is 0 Å². The second-order valence-corrected chi connectivity index (χ2v) is 7.74. The molecule has 1 fully saturated rings. The van der Waals surface area contributed by atoms with E-state index in [1.807, 2.05) is 19.9 Å². The van der Waals surface area contributed by atoms with Crippen molar-refractivity contribution in [3.8, 4) is 0 Å². The van der Waals surface area contributed by atoms with Gasteiger partial charge in [-0.05, 0) is 49.9 Å². The number of aryl methyl sites for hydroxylation is 2. The summed E-state index contributed by atoms with van der Waals surface area (Å²) < 4.78 is 26.7. The molecule has 0 aromatic heterocycles. The summed E-state index contributed by atoms with van der Waals surface area (Å²) in [7, 11) is -3.40. The van der Waals surface area contributed by atoms with Crippen LogP contribution in [0, 0.1) is 19.8 Å². The largest absolute Gasteiger partial charge is 0.393 e. The molecule has 2 N–H and O–H groups in total. The van der Waals surface area contributed by atoms with Crippen LogP contribution >= 0.6 is 12.2 Å². The molecule has 2 rings (SSSR count). The van der Waals surface area contributed by atoms with Crippen molar-refractivity contribution in [2.75, 3.05) is 13.1 Å². The van der Waals surface area contributed by atoms with Gasteiger partial charge in [-0.15, -0.1) is 0 Å². The fourth-order valence-corrected chi connectivity index (χ4v) is 4.20. The predicted molar refractivity (Wildman–Crippen MR) is 84.2 cm³/mol. The molecule has 0 amide bonds. The van der Waals surface area contributed by atoms with Crippen molar-refractivity contribution >= 4 is 27.2 Å². The molecule has 1 aliphatic heterocycles. The highest BCUT2D eigenvalue weighted by Crippen LogP contribution is 2.25. The van der Waals surface area contributed by atoms with E-state index in [4.69, 9.17) is 18.0 Å². The first-order valence-electron chi connectivity index (χ1n) is 6.69.